The van der Waals surface area contributed by atoms with Gasteiger partial charge in [0, 0.05) is 12.1 Å². The monoisotopic (exact) mass is 341 g/mol. The van der Waals surface area contributed by atoms with E-state index in [1.807, 2.05) is 0 Å². The number of hydrogen-bond donors (Lipinski definition) is 0. The van der Waals surface area contributed by atoms with Crippen LogP contribution in [0.5, 0.6) is 5.75 Å². The van der Waals surface area contributed by atoms with Crippen LogP contribution in [0.15, 0.2) is 42.5 Å². The highest BCUT2D eigenvalue weighted by Crippen LogP contribution is 2.20. The molecule has 0 N–H and O–H groups in total. The maximum atomic E-state index is 13.7. The van der Waals surface area contributed by atoms with Crippen LogP contribution in [0.3, 0.4) is 0 Å². The third-order valence-corrected chi connectivity index (χ3v) is 3.60. The van der Waals surface area contributed by atoms with E-state index < -0.39 is 11.7 Å². The molecular formula is C16H14Cl2FNO2. The summed E-state index contributed by atoms with van der Waals surface area (Å²) >= 11 is 11.7. The summed E-state index contributed by atoms with van der Waals surface area (Å²) in [6.07, 6.45) is 0. The van der Waals surface area contributed by atoms with Gasteiger partial charge in [0.05, 0.1) is 17.1 Å². The van der Waals surface area contributed by atoms with Gasteiger partial charge in [0.1, 0.15) is 18.2 Å². The van der Waals surface area contributed by atoms with Crippen molar-refractivity contribution in [3.8, 4) is 5.75 Å². The van der Waals surface area contributed by atoms with Gasteiger partial charge in [-0.05, 0) is 36.4 Å². The third kappa shape index (κ3) is 4.12. The molecule has 6 heteroatoms. The number of nitrogens with zero attached hydrogens (tertiary/aromatic N) is 1. The average Bonchev–Trinajstić information content (AvgIpc) is 2.49. The van der Waals surface area contributed by atoms with Gasteiger partial charge >= 0.3 is 0 Å². The third-order valence-electron chi connectivity index (χ3n) is 3.03. The molecule has 3 nitrogen and oxygen atoms in total. The van der Waals surface area contributed by atoms with Crippen molar-refractivity contribution in [1.82, 2.24) is 4.90 Å². The Morgan fingerprint density at radius 3 is 2.50 bits per heavy atom. The van der Waals surface area contributed by atoms with Crippen LogP contribution in [0.25, 0.3) is 0 Å². The minimum atomic E-state index is -0.636. The molecule has 0 aliphatic carbocycles. The number of amides is 1. The van der Waals surface area contributed by atoms with Gasteiger partial charge in [-0.25, -0.2) is 4.39 Å². The first-order chi connectivity index (χ1) is 10.5. The van der Waals surface area contributed by atoms with Crippen molar-refractivity contribution < 1.29 is 13.9 Å². The molecule has 0 saturated heterocycles. The Labute approximate surface area is 138 Å². The fraction of sp³-hybridized carbons (Fsp3) is 0.188. The van der Waals surface area contributed by atoms with Crippen molar-refractivity contribution in [2.75, 3.05) is 20.2 Å². The van der Waals surface area contributed by atoms with E-state index in [1.54, 1.807) is 31.3 Å². The summed E-state index contributed by atoms with van der Waals surface area (Å²) in [5.74, 6) is -0.472. The first kappa shape index (κ1) is 16.6. The second kappa shape index (κ2) is 7.47. The van der Waals surface area contributed by atoms with E-state index in [-0.39, 0.29) is 17.2 Å². The van der Waals surface area contributed by atoms with Gasteiger partial charge in [-0.1, -0.05) is 29.3 Å². The van der Waals surface area contributed by atoms with E-state index in [4.69, 9.17) is 27.9 Å². The number of carbonyl (C=O) groups excluding carboxylic acids is 1. The van der Waals surface area contributed by atoms with Gasteiger partial charge in [0.15, 0.2) is 0 Å². The van der Waals surface area contributed by atoms with Crippen LogP contribution in [0.1, 0.15) is 10.4 Å². The van der Waals surface area contributed by atoms with Crippen LogP contribution >= 0.6 is 23.2 Å². The van der Waals surface area contributed by atoms with E-state index in [2.05, 4.69) is 0 Å². The van der Waals surface area contributed by atoms with Crippen LogP contribution < -0.4 is 4.74 Å². The van der Waals surface area contributed by atoms with Crippen molar-refractivity contribution >= 4 is 29.1 Å². The number of carbonyl (C=O) groups is 1. The van der Waals surface area contributed by atoms with Gasteiger partial charge < -0.3 is 9.64 Å². The quantitative estimate of drug-likeness (QED) is 0.812. The molecule has 2 rings (SSSR count). The van der Waals surface area contributed by atoms with E-state index in [9.17, 15) is 9.18 Å². The van der Waals surface area contributed by atoms with Gasteiger partial charge in [0.2, 0.25) is 0 Å². The lowest BCUT2D eigenvalue weighted by molar-refractivity contribution is 0.0769. The normalized spacial score (nSPS) is 10.4. The molecule has 0 atom stereocenters. The minimum Gasteiger partial charge on any atom is -0.492 e. The number of halogens is 3. The van der Waals surface area contributed by atoms with E-state index >= 15 is 0 Å². The smallest absolute Gasteiger partial charge is 0.258 e. The lowest BCUT2D eigenvalue weighted by Crippen LogP contribution is -2.31. The van der Waals surface area contributed by atoms with E-state index in [1.165, 1.54) is 23.1 Å². The summed E-state index contributed by atoms with van der Waals surface area (Å²) in [4.78, 5) is 13.6. The molecule has 2 aromatic carbocycles. The van der Waals surface area contributed by atoms with Crippen molar-refractivity contribution in [3.63, 3.8) is 0 Å². The highest BCUT2D eigenvalue weighted by molar-refractivity contribution is 6.33. The summed E-state index contributed by atoms with van der Waals surface area (Å²) in [5.41, 5.74) is -0.127. The Kier molecular flexibility index (Phi) is 5.63. The standard InChI is InChI=1S/C16H14Cl2FNO2/c1-20(9-10-22-12-7-5-11(17)6-8-12)16(21)15-13(18)3-2-4-14(15)19/h2-8H,9-10H2,1H3. The zero-order valence-corrected chi connectivity index (χ0v) is 13.4. The van der Waals surface area contributed by atoms with E-state index in [0.29, 0.717) is 17.3 Å². The van der Waals surface area contributed by atoms with Crippen LogP contribution in [0.4, 0.5) is 4.39 Å². The molecule has 0 aromatic heterocycles. The molecule has 0 aliphatic rings. The predicted molar refractivity (Wildman–Crippen MR) is 85.3 cm³/mol. The molecule has 0 aliphatic heterocycles. The van der Waals surface area contributed by atoms with Gasteiger partial charge in [-0.2, -0.15) is 0 Å². The SMILES string of the molecule is CN(CCOc1ccc(Cl)cc1)C(=O)c1c(F)cccc1Cl. The largest absolute Gasteiger partial charge is 0.492 e. The molecule has 0 fully saturated rings. The molecule has 22 heavy (non-hydrogen) atoms. The second-order valence-corrected chi connectivity index (χ2v) is 5.47. The molecule has 0 spiro atoms. The molecule has 0 bridgehead atoms. The number of benzene rings is 2. The van der Waals surface area contributed by atoms with Gasteiger partial charge in [-0.15, -0.1) is 0 Å². The maximum absolute atomic E-state index is 13.7. The Balaban J connectivity index is 1.93. The molecule has 2 aromatic rings. The lowest BCUT2D eigenvalue weighted by Gasteiger charge is -2.18. The van der Waals surface area contributed by atoms with Crippen molar-refractivity contribution in [1.29, 1.82) is 0 Å². The molecule has 1 amide bonds. The number of ether oxygens (including phenoxy) is 1. The van der Waals surface area contributed by atoms with Crippen LogP contribution in [-0.4, -0.2) is 31.0 Å². The Hall–Kier alpha value is -1.78. The van der Waals surface area contributed by atoms with Crippen molar-refractivity contribution in [2.45, 2.75) is 0 Å². The molecule has 0 unspecified atom stereocenters. The Bertz CT molecular complexity index is 641. The lowest BCUT2D eigenvalue weighted by atomic mass is 10.2. The van der Waals surface area contributed by atoms with Crippen molar-refractivity contribution in [2.24, 2.45) is 0 Å². The summed E-state index contributed by atoms with van der Waals surface area (Å²) in [6, 6.07) is 11.0. The number of rotatable bonds is 5. The molecule has 0 saturated carbocycles. The highest BCUT2D eigenvalue weighted by Gasteiger charge is 2.19. The minimum absolute atomic E-state index is 0.0930. The van der Waals surface area contributed by atoms with E-state index in [0.717, 1.165) is 0 Å². The first-order valence-corrected chi connectivity index (χ1v) is 7.32. The zero-order valence-electron chi connectivity index (χ0n) is 11.9. The summed E-state index contributed by atoms with van der Waals surface area (Å²) in [6.45, 7) is 0.571. The zero-order chi connectivity index (χ0) is 16.1. The summed E-state index contributed by atoms with van der Waals surface area (Å²) < 4.78 is 19.2. The van der Waals surface area contributed by atoms with Crippen LogP contribution in [0, 0.1) is 5.82 Å². The van der Waals surface area contributed by atoms with Crippen LogP contribution in [-0.2, 0) is 0 Å². The predicted octanol–water partition coefficient (Wildman–Crippen LogP) is 4.28. The number of likely N-dealkylation sites (N-methyl/N-ethyl adjacent to an activating group) is 1. The molecular weight excluding hydrogens is 328 g/mol. The highest BCUT2D eigenvalue weighted by atomic mass is 35.5. The van der Waals surface area contributed by atoms with Crippen molar-refractivity contribution in [3.05, 3.63) is 63.9 Å². The fourth-order valence-corrected chi connectivity index (χ4v) is 2.20. The molecule has 0 heterocycles. The average molecular weight is 342 g/mol. The summed E-state index contributed by atoms with van der Waals surface area (Å²) in [5, 5.41) is 0.712. The molecule has 116 valence electrons. The fourth-order valence-electron chi connectivity index (χ4n) is 1.83. The Morgan fingerprint density at radius 1 is 1.18 bits per heavy atom. The number of hydrogen-bond acceptors (Lipinski definition) is 2. The maximum Gasteiger partial charge on any atom is 0.258 e. The van der Waals surface area contributed by atoms with Gasteiger partial charge in [0.25, 0.3) is 5.91 Å². The topological polar surface area (TPSA) is 29.5 Å². The summed E-state index contributed by atoms with van der Waals surface area (Å²) in [7, 11) is 1.57. The van der Waals surface area contributed by atoms with Gasteiger partial charge in [-0.3, -0.25) is 4.79 Å². The second-order valence-electron chi connectivity index (χ2n) is 4.63. The first-order valence-electron chi connectivity index (χ1n) is 6.57. The molecule has 0 radical (unpaired) electrons. The Morgan fingerprint density at radius 2 is 1.86 bits per heavy atom. The van der Waals surface area contributed by atoms with Crippen LogP contribution in [0.2, 0.25) is 10.0 Å².